The molecule has 1 heterocycles. The molecule has 90 valence electrons. The lowest BCUT2D eigenvalue weighted by atomic mass is 10.2. The van der Waals surface area contributed by atoms with Crippen LogP contribution in [-0.2, 0) is 0 Å². The molecule has 3 aromatic rings. The largest absolute Gasteiger partial charge is 0.506 e. The fourth-order valence-electron chi connectivity index (χ4n) is 1.79. The number of fused-ring (bicyclic) bond motifs is 1. The molecule has 0 amide bonds. The van der Waals surface area contributed by atoms with E-state index in [9.17, 15) is 5.11 Å². The van der Waals surface area contributed by atoms with Crippen LogP contribution in [0.4, 0.5) is 0 Å². The monoisotopic (exact) mass is 278 g/mol. The van der Waals surface area contributed by atoms with Gasteiger partial charge in [-0.15, -0.1) is 0 Å². The average Bonchev–Trinajstić information content (AvgIpc) is 2.78. The van der Waals surface area contributed by atoms with E-state index in [1.54, 1.807) is 18.2 Å². The number of para-hydroxylation sites is 1. The number of phenols is 1. The fourth-order valence-corrected chi connectivity index (χ4v) is 2.19. The Hall–Kier alpha value is -1.71. The summed E-state index contributed by atoms with van der Waals surface area (Å²) in [5, 5.41) is 10.3. The van der Waals surface area contributed by atoms with Gasteiger partial charge in [-0.2, -0.15) is 0 Å². The summed E-state index contributed by atoms with van der Waals surface area (Å²) in [6.45, 7) is 0. The number of H-pyrrole nitrogens is 1. The van der Waals surface area contributed by atoms with Gasteiger partial charge in [-0.05, 0) is 30.3 Å². The number of aromatic nitrogens is 2. The highest BCUT2D eigenvalue weighted by Gasteiger charge is 2.09. The van der Waals surface area contributed by atoms with Gasteiger partial charge in [0.25, 0.3) is 0 Å². The third-order valence-electron chi connectivity index (χ3n) is 2.68. The molecule has 0 fully saturated rings. The van der Waals surface area contributed by atoms with Crippen molar-refractivity contribution in [2.24, 2.45) is 0 Å². The van der Waals surface area contributed by atoms with Crippen molar-refractivity contribution in [3.8, 4) is 17.1 Å². The van der Waals surface area contributed by atoms with E-state index >= 15 is 0 Å². The van der Waals surface area contributed by atoms with Gasteiger partial charge < -0.3 is 10.1 Å². The minimum Gasteiger partial charge on any atom is -0.506 e. The predicted molar refractivity (Wildman–Crippen MR) is 73.2 cm³/mol. The van der Waals surface area contributed by atoms with E-state index in [0.717, 1.165) is 16.6 Å². The second-order valence-electron chi connectivity index (χ2n) is 3.89. The molecule has 5 heteroatoms. The number of phenolic OH excluding ortho intramolecular Hbond substituents is 1. The highest BCUT2D eigenvalue weighted by Crippen LogP contribution is 2.30. The van der Waals surface area contributed by atoms with Crippen LogP contribution in [-0.4, -0.2) is 15.1 Å². The maximum Gasteiger partial charge on any atom is 0.138 e. The van der Waals surface area contributed by atoms with Crippen LogP contribution in [0.1, 0.15) is 0 Å². The van der Waals surface area contributed by atoms with E-state index in [4.69, 9.17) is 23.2 Å². The minimum absolute atomic E-state index is 0.0505. The van der Waals surface area contributed by atoms with Crippen molar-refractivity contribution in [1.29, 1.82) is 0 Å². The van der Waals surface area contributed by atoms with Gasteiger partial charge >= 0.3 is 0 Å². The summed E-state index contributed by atoms with van der Waals surface area (Å²) in [4.78, 5) is 7.59. The number of halogens is 2. The van der Waals surface area contributed by atoms with Gasteiger partial charge in [0.1, 0.15) is 17.1 Å². The molecule has 3 rings (SSSR count). The molecular weight excluding hydrogens is 271 g/mol. The Morgan fingerprint density at radius 1 is 1.06 bits per heavy atom. The zero-order chi connectivity index (χ0) is 12.7. The lowest BCUT2D eigenvalue weighted by molar-refractivity contribution is 0.475. The molecule has 3 nitrogen and oxygen atoms in total. The molecule has 2 N–H and O–H groups in total. The van der Waals surface area contributed by atoms with Crippen LogP contribution in [0.25, 0.3) is 22.4 Å². The fraction of sp³-hybridized carbons (Fsp3) is 0. The first-order chi connectivity index (χ1) is 8.65. The molecule has 0 saturated carbocycles. The molecule has 0 aliphatic heterocycles. The number of nitrogens with zero attached hydrogens (tertiary/aromatic N) is 1. The highest BCUT2D eigenvalue weighted by atomic mass is 35.5. The molecule has 0 aliphatic carbocycles. The Labute approximate surface area is 113 Å². The van der Waals surface area contributed by atoms with Gasteiger partial charge in [-0.3, -0.25) is 0 Å². The zero-order valence-corrected chi connectivity index (χ0v) is 10.6. The first-order valence-corrected chi connectivity index (χ1v) is 6.04. The maximum atomic E-state index is 9.39. The number of benzene rings is 2. The summed E-state index contributed by atoms with van der Waals surface area (Å²) in [5.74, 6) is 0.717. The molecule has 0 bridgehead atoms. The molecule has 18 heavy (non-hydrogen) atoms. The summed E-state index contributed by atoms with van der Waals surface area (Å²) in [6.07, 6.45) is 0. The Bertz CT molecular complexity index is 737. The van der Waals surface area contributed by atoms with Crippen LogP contribution in [0, 0.1) is 0 Å². The van der Waals surface area contributed by atoms with Crippen LogP contribution in [0.2, 0.25) is 10.0 Å². The van der Waals surface area contributed by atoms with Crippen molar-refractivity contribution in [3.63, 3.8) is 0 Å². The van der Waals surface area contributed by atoms with E-state index in [2.05, 4.69) is 9.97 Å². The summed E-state index contributed by atoms with van der Waals surface area (Å²) in [6, 6.07) is 10.5. The molecule has 0 aliphatic rings. The number of imidazole rings is 1. The van der Waals surface area contributed by atoms with Crippen LogP contribution in [0.15, 0.2) is 36.4 Å². The van der Waals surface area contributed by atoms with Gasteiger partial charge in [0, 0.05) is 5.56 Å². The van der Waals surface area contributed by atoms with Gasteiger partial charge in [0.05, 0.1) is 15.6 Å². The topological polar surface area (TPSA) is 48.9 Å². The Kier molecular flexibility index (Phi) is 2.65. The van der Waals surface area contributed by atoms with Crippen molar-refractivity contribution >= 4 is 34.2 Å². The molecule has 0 radical (unpaired) electrons. The lowest BCUT2D eigenvalue weighted by Crippen LogP contribution is -1.80. The predicted octanol–water partition coefficient (Wildman–Crippen LogP) is 4.24. The third-order valence-corrected chi connectivity index (χ3v) is 3.29. The Morgan fingerprint density at radius 2 is 1.89 bits per heavy atom. The first kappa shape index (κ1) is 11.4. The van der Waals surface area contributed by atoms with Crippen LogP contribution >= 0.6 is 23.2 Å². The molecule has 0 atom stereocenters. The molecule has 2 aromatic carbocycles. The molecule has 0 spiro atoms. The van der Waals surface area contributed by atoms with Gasteiger partial charge in [-0.25, -0.2) is 4.98 Å². The number of hydrogen-bond acceptors (Lipinski definition) is 2. The van der Waals surface area contributed by atoms with E-state index in [1.165, 1.54) is 6.07 Å². The standard InChI is InChI=1S/C13H8Cl2N2O/c14-8-2-1-3-10-12(8)17-13(16-10)7-4-5-11(18)9(15)6-7/h1-6,18H,(H,16,17). The molecular formula is C13H8Cl2N2O. The molecule has 0 saturated heterocycles. The van der Waals surface area contributed by atoms with Gasteiger partial charge in [0.15, 0.2) is 0 Å². The van der Waals surface area contributed by atoms with Crippen LogP contribution in [0.3, 0.4) is 0 Å². The summed E-state index contributed by atoms with van der Waals surface area (Å²) in [7, 11) is 0. The second kappa shape index (κ2) is 4.19. The highest BCUT2D eigenvalue weighted by molar-refractivity contribution is 6.35. The van der Waals surface area contributed by atoms with E-state index < -0.39 is 0 Å². The molecule has 1 aromatic heterocycles. The Balaban J connectivity index is 2.19. The number of aromatic amines is 1. The van der Waals surface area contributed by atoms with E-state index in [0.29, 0.717) is 15.9 Å². The van der Waals surface area contributed by atoms with Crippen LogP contribution < -0.4 is 0 Å². The van der Waals surface area contributed by atoms with E-state index in [-0.39, 0.29) is 5.75 Å². The number of aromatic hydroxyl groups is 1. The van der Waals surface area contributed by atoms with Crippen LogP contribution in [0.5, 0.6) is 5.75 Å². The molecule has 0 unspecified atom stereocenters. The van der Waals surface area contributed by atoms with Crippen molar-refractivity contribution < 1.29 is 5.11 Å². The lowest BCUT2D eigenvalue weighted by Gasteiger charge is -1.99. The number of rotatable bonds is 1. The smallest absolute Gasteiger partial charge is 0.138 e. The SMILES string of the molecule is Oc1ccc(-c2nc3c(Cl)cccc3[nH]2)cc1Cl. The maximum absolute atomic E-state index is 9.39. The quantitative estimate of drug-likeness (QED) is 0.699. The third kappa shape index (κ3) is 1.82. The normalized spacial score (nSPS) is 11.0. The van der Waals surface area contributed by atoms with Crippen molar-refractivity contribution in [3.05, 3.63) is 46.4 Å². The van der Waals surface area contributed by atoms with Gasteiger partial charge in [0.2, 0.25) is 0 Å². The van der Waals surface area contributed by atoms with E-state index in [1.807, 2.05) is 12.1 Å². The number of nitrogens with one attached hydrogen (secondary N) is 1. The zero-order valence-electron chi connectivity index (χ0n) is 9.11. The van der Waals surface area contributed by atoms with Crippen molar-refractivity contribution in [2.45, 2.75) is 0 Å². The number of hydrogen-bond donors (Lipinski definition) is 2. The van der Waals surface area contributed by atoms with Crippen molar-refractivity contribution in [1.82, 2.24) is 9.97 Å². The average molecular weight is 279 g/mol. The minimum atomic E-state index is 0.0505. The van der Waals surface area contributed by atoms with Gasteiger partial charge in [-0.1, -0.05) is 29.3 Å². The summed E-state index contributed by atoms with van der Waals surface area (Å²) < 4.78 is 0. The summed E-state index contributed by atoms with van der Waals surface area (Å²) >= 11 is 11.9. The summed E-state index contributed by atoms with van der Waals surface area (Å²) in [5.41, 5.74) is 2.38. The Morgan fingerprint density at radius 3 is 2.61 bits per heavy atom. The first-order valence-electron chi connectivity index (χ1n) is 5.28. The second-order valence-corrected chi connectivity index (χ2v) is 4.70. The van der Waals surface area contributed by atoms with Crippen molar-refractivity contribution in [2.75, 3.05) is 0 Å².